The predicted molar refractivity (Wildman–Crippen MR) is 96.1 cm³/mol. The number of hydrogen-bond donors (Lipinski definition) is 3. The fourth-order valence-electron chi connectivity index (χ4n) is 2.10. The fourth-order valence-corrected chi connectivity index (χ4v) is 2.10. The predicted octanol–water partition coefficient (Wildman–Crippen LogP) is 3.73. The summed E-state index contributed by atoms with van der Waals surface area (Å²) in [7, 11) is -4.67. The molecule has 0 aliphatic heterocycles. The van der Waals surface area contributed by atoms with Gasteiger partial charge in [-0.15, -0.1) is 0 Å². The third kappa shape index (κ3) is 37.2. The average molecular weight is 350 g/mol. The van der Waals surface area contributed by atoms with E-state index < -0.39 is 10.4 Å². The zero-order valence-corrected chi connectivity index (χ0v) is 14.6. The zero-order valence-electron chi connectivity index (χ0n) is 13.8. The van der Waals surface area contributed by atoms with Crippen molar-refractivity contribution < 1.29 is 17.5 Å². The quantitative estimate of drug-likeness (QED) is 0.283. The molecule has 0 aromatic rings. The minimum absolute atomic E-state index is 0. The van der Waals surface area contributed by atoms with Crippen LogP contribution in [0, 0.1) is 0 Å². The normalized spacial score (nSPS) is 12.0. The summed E-state index contributed by atoms with van der Waals surface area (Å²) in [6.45, 7) is 4.46. The van der Waals surface area contributed by atoms with Crippen LogP contribution in [0.3, 0.4) is 0 Å². The molecule has 4 N–H and O–H groups in total. The molecule has 0 bridgehead atoms. The first-order valence-electron chi connectivity index (χ1n) is 8.26. The average Bonchev–Trinajstić information content (AvgIpc) is 2.38. The molecule has 0 aromatic carbocycles. The van der Waals surface area contributed by atoms with Crippen LogP contribution in [0.25, 0.3) is 0 Å². The molecule has 0 spiro atoms. The van der Waals surface area contributed by atoms with Gasteiger partial charge in [-0.05, 0) is 12.8 Å². The maximum absolute atomic E-state index is 8.74. The first kappa shape index (κ1) is 27.7. The number of nitrogens with two attached hydrogens (primary N) is 1. The van der Waals surface area contributed by atoms with Gasteiger partial charge in [0.25, 0.3) is 0 Å². The van der Waals surface area contributed by atoms with Crippen molar-refractivity contribution in [3.8, 4) is 0 Å². The van der Waals surface area contributed by atoms with Gasteiger partial charge in [-0.25, -0.2) is 0 Å². The molecule has 0 amide bonds. The van der Waals surface area contributed by atoms with Gasteiger partial charge in [-0.2, -0.15) is 8.42 Å². The monoisotopic (exact) mass is 349 g/mol. The van der Waals surface area contributed by atoms with E-state index in [1.165, 1.54) is 70.6 Å². The van der Waals surface area contributed by atoms with E-state index in [1.807, 2.05) is 0 Å². The Morgan fingerprint density at radius 2 is 1.14 bits per heavy atom. The first-order valence-corrected chi connectivity index (χ1v) is 9.66. The molecule has 0 fully saturated rings. The molecule has 7 heteroatoms. The van der Waals surface area contributed by atoms with Gasteiger partial charge in [0, 0.05) is 6.04 Å². The molecule has 0 aliphatic carbocycles. The summed E-state index contributed by atoms with van der Waals surface area (Å²) < 4.78 is 31.6. The van der Waals surface area contributed by atoms with Crippen molar-refractivity contribution in [2.24, 2.45) is 5.73 Å². The summed E-state index contributed by atoms with van der Waals surface area (Å²) in [6, 6.07) is 0.453. The van der Waals surface area contributed by atoms with E-state index in [0.29, 0.717) is 6.04 Å². The standard InChI is InChI=1S/C15H33N.Na.H2O4S.H/c1-3-5-6-7-8-9-10-11-12-13-14-15(16)4-2;;1-5(2,3)4;/h15H,3-14,16H2,1-2H3;;(H2,1,2,3,4);. The van der Waals surface area contributed by atoms with Crippen LogP contribution in [0.2, 0.25) is 0 Å². The summed E-state index contributed by atoms with van der Waals surface area (Å²) in [5.74, 6) is 0. The van der Waals surface area contributed by atoms with Crippen LogP contribution < -0.4 is 5.73 Å². The fraction of sp³-hybridized carbons (Fsp3) is 1.00. The third-order valence-electron chi connectivity index (χ3n) is 3.45. The molecular formula is C15H36NNaO4S. The summed E-state index contributed by atoms with van der Waals surface area (Å²) in [4.78, 5) is 0. The molecule has 132 valence electrons. The van der Waals surface area contributed by atoms with E-state index >= 15 is 0 Å². The van der Waals surface area contributed by atoms with Gasteiger partial charge in [0.15, 0.2) is 0 Å². The Morgan fingerprint density at radius 1 is 0.818 bits per heavy atom. The maximum atomic E-state index is 8.74. The summed E-state index contributed by atoms with van der Waals surface area (Å²) in [5, 5.41) is 0. The van der Waals surface area contributed by atoms with Crippen molar-refractivity contribution in [3.63, 3.8) is 0 Å². The van der Waals surface area contributed by atoms with Crippen LogP contribution in [0.15, 0.2) is 0 Å². The molecule has 0 saturated heterocycles. The van der Waals surface area contributed by atoms with E-state index in [9.17, 15) is 0 Å². The molecular weight excluding hydrogens is 313 g/mol. The topological polar surface area (TPSA) is 101 Å². The van der Waals surface area contributed by atoms with Gasteiger partial charge in [0.2, 0.25) is 0 Å². The van der Waals surface area contributed by atoms with Gasteiger partial charge < -0.3 is 5.73 Å². The molecule has 0 heterocycles. The van der Waals surface area contributed by atoms with Gasteiger partial charge >= 0.3 is 40.0 Å². The Balaban J connectivity index is -0.000000520. The van der Waals surface area contributed by atoms with Crippen LogP contribution in [0.1, 0.15) is 90.9 Å². The Bertz CT molecular complexity index is 292. The van der Waals surface area contributed by atoms with Gasteiger partial charge in [0.05, 0.1) is 0 Å². The van der Waals surface area contributed by atoms with Crippen molar-refractivity contribution in [2.75, 3.05) is 0 Å². The summed E-state index contributed by atoms with van der Waals surface area (Å²) in [6.07, 6.45) is 16.5. The number of hydrogen-bond acceptors (Lipinski definition) is 3. The van der Waals surface area contributed by atoms with Crippen LogP contribution in [-0.4, -0.2) is 53.1 Å². The Kier molecular flexibility index (Phi) is 25.0. The molecule has 0 radical (unpaired) electrons. The van der Waals surface area contributed by atoms with E-state index in [-0.39, 0.29) is 29.6 Å². The molecule has 1 unspecified atom stereocenters. The molecule has 22 heavy (non-hydrogen) atoms. The summed E-state index contributed by atoms with van der Waals surface area (Å²) >= 11 is 0. The summed E-state index contributed by atoms with van der Waals surface area (Å²) in [5.41, 5.74) is 5.88. The van der Waals surface area contributed by atoms with E-state index in [0.717, 1.165) is 6.42 Å². The minimum atomic E-state index is -4.67. The van der Waals surface area contributed by atoms with Gasteiger partial charge in [-0.1, -0.05) is 78.1 Å². The van der Waals surface area contributed by atoms with E-state index in [4.69, 9.17) is 23.3 Å². The Morgan fingerprint density at radius 3 is 1.45 bits per heavy atom. The second-order valence-corrected chi connectivity index (χ2v) is 6.48. The van der Waals surface area contributed by atoms with Crippen molar-refractivity contribution in [1.29, 1.82) is 0 Å². The molecule has 0 aromatic heterocycles. The van der Waals surface area contributed by atoms with Gasteiger partial charge in [-0.3, -0.25) is 9.11 Å². The Labute approximate surface area is 159 Å². The number of unbranched alkanes of at least 4 members (excludes halogenated alkanes) is 9. The zero-order chi connectivity index (χ0) is 16.6. The van der Waals surface area contributed by atoms with Crippen LogP contribution in [0.4, 0.5) is 0 Å². The molecule has 0 aliphatic rings. The van der Waals surface area contributed by atoms with Crippen LogP contribution in [0.5, 0.6) is 0 Å². The molecule has 0 rings (SSSR count). The second kappa shape index (κ2) is 19.9. The Hall–Kier alpha value is 0.830. The molecule has 0 saturated carbocycles. The number of rotatable bonds is 12. The van der Waals surface area contributed by atoms with Crippen molar-refractivity contribution in [1.82, 2.24) is 0 Å². The van der Waals surface area contributed by atoms with Crippen molar-refractivity contribution in [3.05, 3.63) is 0 Å². The molecule has 5 nitrogen and oxygen atoms in total. The van der Waals surface area contributed by atoms with Crippen molar-refractivity contribution >= 4 is 40.0 Å². The third-order valence-corrected chi connectivity index (χ3v) is 3.45. The SMILES string of the molecule is CCCCCCCCCCCCC(N)CC.O=S(=O)(O)O.[NaH]. The molecule has 1 atom stereocenters. The first-order chi connectivity index (χ1) is 9.81. The van der Waals surface area contributed by atoms with Gasteiger partial charge in [0.1, 0.15) is 0 Å². The van der Waals surface area contributed by atoms with E-state index in [2.05, 4.69) is 13.8 Å². The van der Waals surface area contributed by atoms with Crippen LogP contribution >= 0.6 is 0 Å². The van der Waals surface area contributed by atoms with E-state index in [1.54, 1.807) is 0 Å². The van der Waals surface area contributed by atoms with Crippen molar-refractivity contribution in [2.45, 2.75) is 96.9 Å². The second-order valence-electron chi connectivity index (χ2n) is 5.59. The van der Waals surface area contributed by atoms with Crippen LogP contribution in [-0.2, 0) is 10.4 Å².